The van der Waals surface area contributed by atoms with Crippen LogP contribution in [0.1, 0.15) is 38.1 Å². The molecule has 1 aromatic heterocycles. The predicted molar refractivity (Wildman–Crippen MR) is 51.7 cm³/mol. The summed E-state index contributed by atoms with van der Waals surface area (Å²) in [7, 11) is 0. The number of hydrogen-bond donors (Lipinski definition) is 0. The minimum Gasteiger partial charge on any atom is -0.217 e. The zero-order valence-corrected chi connectivity index (χ0v) is 8.63. The standard InChI is InChI=1S/C8H14N4S/c1-13-8-9-10-11-12(8)7-5-3-2-4-6-7/h7H,2-6H2,1H3. The first-order valence-electron chi connectivity index (χ1n) is 4.73. The molecule has 1 heterocycles. The summed E-state index contributed by atoms with van der Waals surface area (Å²) in [5, 5.41) is 12.7. The lowest BCUT2D eigenvalue weighted by Gasteiger charge is -2.21. The molecule has 0 aromatic carbocycles. The van der Waals surface area contributed by atoms with Crippen molar-refractivity contribution >= 4 is 11.8 Å². The molecule has 0 radical (unpaired) electrons. The Balaban J connectivity index is 2.13. The Morgan fingerprint density at radius 3 is 2.77 bits per heavy atom. The highest BCUT2D eigenvalue weighted by Gasteiger charge is 2.19. The van der Waals surface area contributed by atoms with Crippen molar-refractivity contribution in [1.82, 2.24) is 20.2 Å². The highest BCUT2D eigenvalue weighted by atomic mass is 32.2. The lowest BCUT2D eigenvalue weighted by atomic mass is 9.96. The van der Waals surface area contributed by atoms with Crippen molar-refractivity contribution in [3.05, 3.63) is 0 Å². The molecule has 0 N–H and O–H groups in total. The molecule has 1 aliphatic rings. The van der Waals surface area contributed by atoms with Crippen LogP contribution < -0.4 is 0 Å². The third kappa shape index (κ3) is 1.85. The average Bonchev–Trinajstić information content (AvgIpc) is 2.67. The Kier molecular flexibility index (Phi) is 2.83. The highest BCUT2D eigenvalue weighted by Crippen LogP contribution is 2.29. The Morgan fingerprint density at radius 2 is 2.08 bits per heavy atom. The highest BCUT2D eigenvalue weighted by molar-refractivity contribution is 7.98. The lowest BCUT2D eigenvalue weighted by molar-refractivity contribution is 0.307. The van der Waals surface area contributed by atoms with Crippen molar-refractivity contribution in [2.24, 2.45) is 0 Å². The van der Waals surface area contributed by atoms with E-state index in [1.165, 1.54) is 32.1 Å². The van der Waals surface area contributed by atoms with Crippen LogP contribution in [0.2, 0.25) is 0 Å². The maximum Gasteiger partial charge on any atom is 0.209 e. The SMILES string of the molecule is CSc1nnnn1C1CCCCC1. The summed E-state index contributed by atoms with van der Waals surface area (Å²) in [5.41, 5.74) is 0. The van der Waals surface area contributed by atoms with Crippen LogP contribution >= 0.6 is 11.8 Å². The fraction of sp³-hybridized carbons (Fsp3) is 0.875. The van der Waals surface area contributed by atoms with Crippen molar-refractivity contribution in [3.8, 4) is 0 Å². The first-order chi connectivity index (χ1) is 6.42. The first-order valence-corrected chi connectivity index (χ1v) is 5.96. The van der Waals surface area contributed by atoms with Crippen LogP contribution in [0.3, 0.4) is 0 Å². The Hall–Kier alpha value is -0.580. The van der Waals surface area contributed by atoms with E-state index < -0.39 is 0 Å². The van der Waals surface area contributed by atoms with Crippen LogP contribution in [0.15, 0.2) is 5.16 Å². The van der Waals surface area contributed by atoms with Gasteiger partial charge in [-0.1, -0.05) is 31.0 Å². The largest absolute Gasteiger partial charge is 0.217 e. The van der Waals surface area contributed by atoms with Crippen LogP contribution in [0.4, 0.5) is 0 Å². The Labute approximate surface area is 82.1 Å². The number of thioether (sulfide) groups is 1. The molecule has 1 fully saturated rings. The van der Waals surface area contributed by atoms with E-state index in [0.29, 0.717) is 6.04 Å². The third-order valence-electron chi connectivity index (χ3n) is 2.57. The van der Waals surface area contributed by atoms with Crippen molar-refractivity contribution in [2.75, 3.05) is 6.26 Å². The maximum atomic E-state index is 4.05. The molecule has 0 saturated heterocycles. The molecular weight excluding hydrogens is 184 g/mol. The monoisotopic (exact) mass is 198 g/mol. The molecule has 13 heavy (non-hydrogen) atoms. The smallest absolute Gasteiger partial charge is 0.209 e. The van der Waals surface area contributed by atoms with Gasteiger partial charge in [0.05, 0.1) is 6.04 Å². The predicted octanol–water partition coefficient (Wildman–Crippen LogP) is 1.90. The van der Waals surface area contributed by atoms with E-state index >= 15 is 0 Å². The zero-order valence-electron chi connectivity index (χ0n) is 7.81. The van der Waals surface area contributed by atoms with Crippen molar-refractivity contribution in [1.29, 1.82) is 0 Å². The summed E-state index contributed by atoms with van der Waals surface area (Å²) in [6, 6.07) is 0.547. The van der Waals surface area contributed by atoms with Gasteiger partial charge in [-0.05, 0) is 29.5 Å². The summed E-state index contributed by atoms with van der Waals surface area (Å²) >= 11 is 1.62. The van der Waals surface area contributed by atoms with Gasteiger partial charge in [-0.15, -0.1) is 5.10 Å². The summed E-state index contributed by atoms with van der Waals surface area (Å²) in [5.74, 6) is 0. The summed E-state index contributed by atoms with van der Waals surface area (Å²) in [4.78, 5) is 0. The second-order valence-corrected chi connectivity index (χ2v) is 4.18. The number of tetrazole rings is 1. The molecular formula is C8H14N4S. The van der Waals surface area contributed by atoms with Gasteiger partial charge in [0.15, 0.2) is 0 Å². The van der Waals surface area contributed by atoms with Crippen LogP contribution in [-0.2, 0) is 0 Å². The molecule has 5 heteroatoms. The van der Waals surface area contributed by atoms with Gasteiger partial charge < -0.3 is 0 Å². The lowest BCUT2D eigenvalue weighted by Crippen LogP contribution is -2.15. The first kappa shape index (κ1) is 8.99. The van der Waals surface area contributed by atoms with Gasteiger partial charge in [0, 0.05) is 0 Å². The number of hydrogen-bond acceptors (Lipinski definition) is 4. The van der Waals surface area contributed by atoms with E-state index in [1.54, 1.807) is 11.8 Å². The topological polar surface area (TPSA) is 43.6 Å². The fourth-order valence-corrected chi connectivity index (χ4v) is 2.37. The molecule has 0 atom stereocenters. The summed E-state index contributed by atoms with van der Waals surface area (Å²) in [6.07, 6.45) is 8.49. The fourth-order valence-electron chi connectivity index (χ4n) is 1.87. The molecule has 0 unspecified atom stereocenters. The van der Waals surface area contributed by atoms with Gasteiger partial charge in [-0.2, -0.15) is 0 Å². The normalized spacial score (nSPS) is 19.2. The minimum absolute atomic E-state index is 0.547. The van der Waals surface area contributed by atoms with Gasteiger partial charge in [-0.3, -0.25) is 0 Å². The van der Waals surface area contributed by atoms with Gasteiger partial charge in [0.25, 0.3) is 0 Å². The van der Waals surface area contributed by atoms with Crippen LogP contribution in [-0.4, -0.2) is 26.5 Å². The van der Waals surface area contributed by atoms with Gasteiger partial charge in [-0.25, -0.2) is 4.68 Å². The average molecular weight is 198 g/mol. The molecule has 0 spiro atoms. The number of aromatic nitrogens is 4. The van der Waals surface area contributed by atoms with Crippen LogP contribution in [0, 0.1) is 0 Å². The Bertz CT molecular complexity index is 267. The van der Waals surface area contributed by atoms with Gasteiger partial charge in [0.1, 0.15) is 0 Å². The van der Waals surface area contributed by atoms with Gasteiger partial charge in [0.2, 0.25) is 5.16 Å². The second kappa shape index (κ2) is 4.09. The van der Waals surface area contributed by atoms with E-state index in [1.807, 2.05) is 10.9 Å². The van der Waals surface area contributed by atoms with E-state index in [0.717, 1.165) is 5.16 Å². The third-order valence-corrected chi connectivity index (χ3v) is 3.20. The molecule has 0 bridgehead atoms. The summed E-state index contributed by atoms with van der Waals surface area (Å²) in [6.45, 7) is 0. The molecule has 4 nitrogen and oxygen atoms in total. The van der Waals surface area contributed by atoms with E-state index in [2.05, 4.69) is 15.5 Å². The van der Waals surface area contributed by atoms with Crippen molar-refractivity contribution in [3.63, 3.8) is 0 Å². The minimum atomic E-state index is 0.547. The number of nitrogens with zero attached hydrogens (tertiary/aromatic N) is 4. The van der Waals surface area contributed by atoms with E-state index in [4.69, 9.17) is 0 Å². The molecule has 1 aromatic rings. The van der Waals surface area contributed by atoms with Crippen molar-refractivity contribution in [2.45, 2.75) is 43.3 Å². The molecule has 72 valence electrons. The Morgan fingerprint density at radius 1 is 1.31 bits per heavy atom. The quantitative estimate of drug-likeness (QED) is 0.681. The molecule has 1 saturated carbocycles. The maximum absolute atomic E-state index is 4.05. The van der Waals surface area contributed by atoms with Gasteiger partial charge >= 0.3 is 0 Å². The van der Waals surface area contributed by atoms with E-state index in [9.17, 15) is 0 Å². The molecule has 2 rings (SSSR count). The second-order valence-electron chi connectivity index (χ2n) is 3.40. The van der Waals surface area contributed by atoms with E-state index in [-0.39, 0.29) is 0 Å². The molecule has 0 amide bonds. The summed E-state index contributed by atoms with van der Waals surface area (Å²) < 4.78 is 1.99. The number of rotatable bonds is 2. The molecule has 1 aliphatic carbocycles. The van der Waals surface area contributed by atoms with Crippen LogP contribution in [0.5, 0.6) is 0 Å². The molecule has 0 aliphatic heterocycles. The zero-order chi connectivity index (χ0) is 9.10. The van der Waals surface area contributed by atoms with Crippen LogP contribution in [0.25, 0.3) is 0 Å². The van der Waals surface area contributed by atoms with Crippen molar-refractivity contribution < 1.29 is 0 Å².